The molecule has 0 unspecified atom stereocenters. The highest BCUT2D eigenvalue weighted by molar-refractivity contribution is 7.86. The average molecular weight is 338 g/mol. The third-order valence-corrected chi connectivity index (χ3v) is 5.58. The van der Waals surface area contributed by atoms with Gasteiger partial charge in [-0.2, -0.15) is 17.8 Å². The zero-order chi connectivity index (χ0) is 16.8. The molecule has 1 saturated heterocycles. The molecule has 0 spiro atoms. The molecule has 3 rings (SSSR count). The van der Waals surface area contributed by atoms with Gasteiger partial charge in [-0.3, -0.25) is 0 Å². The van der Waals surface area contributed by atoms with Gasteiger partial charge >= 0.3 is 0 Å². The summed E-state index contributed by atoms with van der Waals surface area (Å²) in [6.45, 7) is 5.39. The second kappa shape index (κ2) is 5.73. The van der Waals surface area contributed by atoms with Crippen LogP contribution in [0.5, 0.6) is 0 Å². The normalized spacial score (nSPS) is 17.3. The first-order chi connectivity index (χ1) is 10.8. The first-order valence-electron chi connectivity index (χ1n) is 7.60. The van der Waals surface area contributed by atoms with Gasteiger partial charge in [-0.25, -0.2) is 14.6 Å². The van der Waals surface area contributed by atoms with E-state index in [1.165, 1.54) is 4.31 Å². The van der Waals surface area contributed by atoms with E-state index in [1.807, 2.05) is 30.6 Å². The molecule has 8 nitrogen and oxygen atoms in total. The van der Waals surface area contributed by atoms with Gasteiger partial charge in [0.05, 0.1) is 0 Å². The lowest BCUT2D eigenvalue weighted by Crippen LogP contribution is -2.47. The topological polar surface area (TPSA) is 96.8 Å². The molecule has 9 heteroatoms. The van der Waals surface area contributed by atoms with Gasteiger partial charge in [0.15, 0.2) is 5.82 Å². The van der Waals surface area contributed by atoms with Crippen LogP contribution in [0, 0.1) is 13.8 Å². The summed E-state index contributed by atoms with van der Waals surface area (Å²) >= 11 is 0. The minimum atomic E-state index is -3.64. The van der Waals surface area contributed by atoms with Crippen LogP contribution in [0.25, 0.3) is 5.52 Å². The third kappa shape index (κ3) is 3.04. The highest BCUT2D eigenvalue weighted by Gasteiger charge is 2.29. The molecule has 1 fully saturated rings. The van der Waals surface area contributed by atoms with Crippen LogP contribution in [0.2, 0.25) is 0 Å². The number of piperidine rings is 1. The van der Waals surface area contributed by atoms with Crippen molar-refractivity contribution in [2.75, 3.05) is 25.0 Å². The molecule has 2 aromatic rings. The van der Waals surface area contributed by atoms with Crippen LogP contribution in [0.15, 0.2) is 12.3 Å². The van der Waals surface area contributed by atoms with Gasteiger partial charge in [0, 0.05) is 32.4 Å². The number of aryl methyl sites for hydroxylation is 2. The van der Waals surface area contributed by atoms with Crippen molar-refractivity contribution in [1.29, 1.82) is 0 Å². The Labute approximate surface area is 136 Å². The highest BCUT2D eigenvalue weighted by Crippen LogP contribution is 2.27. The second-order valence-corrected chi connectivity index (χ2v) is 7.66. The first kappa shape index (κ1) is 16.2. The minimum Gasteiger partial charge on any atom is -0.355 e. The number of hydrogen-bond donors (Lipinski definition) is 1. The van der Waals surface area contributed by atoms with Crippen molar-refractivity contribution in [1.82, 2.24) is 18.9 Å². The second-order valence-electron chi connectivity index (χ2n) is 6.05. The number of aromatic nitrogens is 3. The van der Waals surface area contributed by atoms with E-state index >= 15 is 0 Å². The van der Waals surface area contributed by atoms with Gasteiger partial charge in [-0.05, 0) is 38.3 Å². The molecule has 23 heavy (non-hydrogen) atoms. The highest BCUT2D eigenvalue weighted by atomic mass is 32.2. The van der Waals surface area contributed by atoms with Gasteiger partial charge in [0.1, 0.15) is 11.3 Å². The number of fused-ring (bicyclic) bond motifs is 1. The maximum Gasteiger partial charge on any atom is 0.276 e. The maximum atomic E-state index is 11.5. The van der Waals surface area contributed by atoms with Crippen molar-refractivity contribution in [3.8, 4) is 0 Å². The largest absolute Gasteiger partial charge is 0.355 e. The van der Waals surface area contributed by atoms with Crippen molar-refractivity contribution in [2.45, 2.75) is 32.7 Å². The summed E-state index contributed by atoms with van der Waals surface area (Å²) in [5.41, 5.74) is 2.14. The number of anilines is 1. The molecular formula is C14H22N6O2S. The van der Waals surface area contributed by atoms with E-state index in [2.05, 4.69) is 15.0 Å². The standard InChI is InChI=1S/C14H22N6O2S/c1-10-4-9-20-13(10)14(16-11(2)17-20)19-7-5-12(6-8-19)18(3)23(15,21)22/h4,9,12H,5-8H2,1-3H3,(H2,15,21,22). The molecule has 2 N–H and O–H groups in total. The van der Waals surface area contributed by atoms with E-state index in [9.17, 15) is 8.42 Å². The molecule has 0 saturated carbocycles. The SMILES string of the molecule is Cc1nc(N2CCC(N(C)S(N)(=O)=O)CC2)c2c(C)ccn2n1. The Morgan fingerprint density at radius 2 is 1.96 bits per heavy atom. The predicted octanol–water partition coefficient (Wildman–Crippen LogP) is 0.450. The van der Waals surface area contributed by atoms with E-state index in [-0.39, 0.29) is 6.04 Å². The van der Waals surface area contributed by atoms with E-state index in [0.29, 0.717) is 5.82 Å². The molecule has 3 heterocycles. The van der Waals surface area contributed by atoms with Crippen molar-refractivity contribution in [2.24, 2.45) is 5.14 Å². The van der Waals surface area contributed by atoms with Crippen molar-refractivity contribution >= 4 is 21.5 Å². The zero-order valence-electron chi connectivity index (χ0n) is 13.6. The molecular weight excluding hydrogens is 316 g/mol. The van der Waals surface area contributed by atoms with E-state index in [1.54, 1.807) is 7.05 Å². The predicted molar refractivity (Wildman–Crippen MR) is 88.6 cm³/mol. The fourth-order valence-electron chi connectivity index (χ4n) is 3.13. The lowest BCUT2D eigenvalue weighted by molar-refractivity contribution is 0.312. The van der Waals surface area contributed by atoms with Crippen LogP contribution in [0.4, 0.5) is 5.82 Å². The summed E-state index contributed by atoms with van der Waals surface area (Å²) in [6.07, 6.45) is 3.38. The summed E-state index contributed by atoms with van der Waals surface area (Å²) in [4.78, 5) is 6.81. The van der Waals surface area contributed by atoms with Gasteiger partial charge < -0.3 is 4.90 Å². The van der Waals surface area contributed by atoms with Crippen LogP contribution in [0.1, 0.15) is 24.2 Å². The van der Waals surface area contributed by atoms with E-state index in [0.717, 1.165) is 42.8 Å². The van der Waals surface area contributed by atoms with Crippen molar-refractivity contribution < 1.29 is 8.42 Å². The van der Waals surface area contributed by atoms with Gasteiger partial charge in [-0.15, -0.1) is 0 Å². The average Bonchev–Trinajstić information content (AvgIpc) is 2.86. The Balaban J connectivity index is 1.85. The lowest BCUT2D eigenvalue weighted by Gasteiger charge is -2.36. The summed E-state index contributed by atoms with van der Waals surface area (Å²) in [6, 6.07) is 1.96. The minimum absolute atomic E-state index is 0.0620. The van der Waals surface area contributed by atoms with Gasteiger partial charge in [0.2, 0.25) is 0 Å². The molecule has 0 amide bonds. The summed E-state index contributed by atoms with van der Waals surface area (Å²) in [5.74, 6) is 1.63. The van der Waals surface area contributed by atoms with E-state index < -0.39 is 10.2 Å². The van der Waals surface area contributed by atoms with Crippen molar-refractivity contribution in [3.05, 3.63) is 23.7 Å². The van der Waals surface area contributed by atoms with Crippen molar-refractivity contribution in [3.63, 3.8) is 0 Å². The maximum absolute atomic E-state index is 11.5. The fraction of sp³-hybridized carbons (Fsp3) is 0.571. The van der Waals surface area contributed by atoms with Crippen LogP contribution in [-0.2, 0) is 10.2 Å². The number of hydrogen-bond acceptors (Lipinski definition) is 5. The zero-order valence-corrected chi connectivity index (χ0v) is 14.4. The monoisotopic (exact) mass is 338 g/mol. The number of nitrogens with two attached hydrogens (primary N) is 1. The molecule has 0 bridgehead atoms. The molecule has 1 aliphatic heterocycles. The number of nitrogens with zero attached hydrogens (tertiary/aromatic N) is 5. The third-order valence-electron chi connectivity index (χ3n) is 4.48. The molecule has 0 atom stereocenters. The molecule has 1 aliphatic rings. The Kier molecular flexibility index (Phi) is 4.03. The Hall–Kier alpha value is -1.71. The first-order valence-corrected chi connectivity index (χ1v) is 9.11. The molecule has 0 radical (unpaired) electrons. The van der Waals surface area contributed by atoms with Crippen LogP contribution >= 0.6 is 0 Å². The Morgan fingerprint density at radius 1 is 1.30 bits per heavy atom. The molecule has 0 aliphatic carbocycles. The van der Waals surface area contributed by atoms with Gasteiger partial charge in [0.25, 0.3) is 10.2 Å². The number of rotatable bonds is 3. The van der Waals surface area contributed by atoms with Crippen LogP contribution in [0.3, 0.4) is 0 Å². The summed E-state index contributed by atoms with van der Waals surface area (Å²) in [5, 5.41) is 9.62. The van der Waals surface area contributed by atoms with Crippen LogP contribution < -0.4 is 10.0 Å². The quantitative estimate of drug-likeness (QED) is 0.876. The van der Waals surface area contributed by atoms with E-state index in [4.69, 9.17) is 5.14 Å². The fourth-order valence-corrected chi connectivity index (χ4v) is 3.76. The lowest BCUT2D eigenvalue weighted by atomic mass is 10.1. The summed E-state index contributed by atoms with van der Waals surface area (Å²) < 4.78 is 26.1. The summed E-state index contributed by atoms with van der Waals surface area (Å²) in [7, 11) is -2.10. The smallest absolute Gasteiger partial charge is 0.276 e. The van der Waals surface area contributed by atoms with Gasteiger partial charge in [-0.1, -0.05) is 0 Å². The Bertz CT molecular complexity index is 823. The molecule has 0 aromatic carbocycles. The molecule has 126 valence electrons. The Morgan fingerprint density at radius 3 is 2.57 bits per heavy atom. The molecule has 2 aromatic heterocycles. The van der Waals surface area contributed by atoms with Crippen LogP contribution in [-0.4, -0.2) is 53.5 Å².